The zero-order valence-corrected chi connectivity index (χ0v) is 19.6. The molecule has 0 spiro atoms. The molecule has 3 N–H and O–H groups in total. The number of ether oxygens (including phenoxy) is 1. The molecule has 0 amide bonds. The highest BCUT2D eigenvalue weighted by Crippen LogP contribution is 2.41. The highest BCUT2D eigenvalue weighted by atomic mass is 19.1. The first-order valence-electron chi connectivity index (χ1n) is 12.5. The third-order valence-corrected chi connectivity index (χ3v) is 9.03. The number of rotatable bonds is 5. The van der Waals surface area contributed by atoms with Crippen molar-refractivity contribution in [1.82, 2.24) is 15.5 Å². The maximum Gasteiger partial charge on any atom is 0.321 e. The number of carboxylic acids is 1. The highest BCUT2D eigenvalue weighted by molar-refractivity contribution is 5.74. The Morgan fingerprint density at radius 1 is 1.10 bits per heavy atom. The predicted octanol–water partition coefficient (Wildman–Crippen LogP) is 3.22. The van der Waals surface area contributed by atoms with Gasteiger partial charge in [0.1, 0.15) is 12.2 Å². The number of halogens is 1. The van der Waals surface area contributed by atoms with E-state index < -0.39 is 24.3 Å². The summed E-state index contributed by atoms with van der Waals surface area (Å²) in [5, 5.41) is 17.1. The molecule has 4 aliphatic rings. The first-order chi connectivity index (χ1) is 14.8. The Morgan fingerprint density at radius 3 is 2.45 bits per heavy atom. The number of nitrogens with one attached hydrogen (secondary N) is 2. The van der Waals surface area contributed by atoms with Crippen molar-refractivity contribution in [1.29, 1.82) is 0 Å². The first kappa shape index (κ1) is 23.4. The van der Waals surface area contributed by atoms with E-state index in [1.54, 1.807) is 7.11 Å². The molecule has 0 bridgehead atoms. The van der Waals surface area contributed by atoms with Crippen LogP contribution in [0.15, 0.2) is 0 Å². The maximum atomic E-state index is 15.5. The fourth-order valence-electron chi connectivity index (χ4n) is 7.19. The number of nitrogens with zero attached hydrogens (tertiary/aromatic N) is 1. The fourth-order valence-corrected chi connectivity index (χ4v) is 7.19. The molecule has 4 fully saturated rings. The van der Waals surface area contributed by atoms with E-state index in [4.69, 9.17) is 4.74 Å². The third kappa shape index (κ3) is 4.40. The van der Waals surface area contributed by atoms with E-state index in [0.29, 0.717) is 12.0 Å². The molecule has 7 heteroatoms. The van der Waals surface area contributed by atoms with E-state index in [2.05, 4.69) is 29.4 Å². The lowest BCUT2D eigenvalue weighted by molar-refractivity contribution is -0.145. The van der Waals surface area contributed by atoms with Gasteiger partial charge in [0, 0.05) is 31.5 Å². The maximum absolute atomic E-state index is 15.5. The van der Waals surface area contributed by atoms with Crippen LogP contribution in [-0.4, -0.2) is 66.3 Å². The van der Waals surface area contributed by atoms with E-state index in [9.17, 15) is 9.90 Å². The Labute approximate surface area is 186 Å². The molecular formula is C24H42FN3O3. The highest BCUT2D eigenvalue weighted by Gasteiger charge is 2.54. The minimum atomic E-state index is -1.10. The van der Waals surface area contributed by atoms with Crippen LogP contribution in [0.4, 0.5) is 4.39 Å². The number of carboxylic acid groups (broad SMARTS) is 1. The predicted molar refractivity (Wildman–Crippen MR) is 118 cm³/mol. The minimum absolute atomic E-state index is 0.0152. The summed E-state index contributed by atoms with van der Waals surface area (Å²) in [5.41, 5.74) is 0. The summed E-state index contributed by atoms with van der Waals surface area (Å²) in [5.74, 6) is 0.00340. The Morgan fingerprint density at radius 2 is 1.81 bits per heavy atom. The number of aliphatic carboxylic acids is 1. The Balaban J connectivity index is 1.56. The van der Waals surface area contributed by atoms with Crippen molar-refractivity contribution < 1.29 is 19.0 Å². The largest absolute Gasteiger partial charge is 0.480 e. The Kier molecular flexibility index (Phi) is 7.26. The van der Waals surface area contributed by atoms with Gasteiger partial charge in [-0.1, -0.05) is 33.1 Å². The van der Waals surface area contributed by atoms with Crippen LogP contribution in [0.5, 0.6) is 0 Å². The number of alkyl halides is 1. The van der Waals surface area contributed by atoms with Gasteiger partial charge in [-0.15, -0.1) is 0 Å². The third-order valence-electron chi connectivity index (χ3n) is 9.03. The number of hydrogen-bond donors (Lipinski definition) is 3. The molecule has 2 saturated heterocycles. The Hall–Kier alpha value is -0.760. The molecule has 2 saturated carbocycles. The Bertz CT molecular complexity index is 631. The smallest absolute Gasteiger partial charge is 0.321 e. The zero-order valence-electron chi connectivity index (χ0n) is 19.6. The molecule has 0 aromatic rings. The normalized spacial score (nSPS) is 45.9. The monoisotopic (exact) mass is 439 g/mol. The van der Waals surface area contributed by atoms with Crippen LogP contribution >= 0.6 is 0 Å². The molecule has 6 nitrogen and oxygen atoms in total. The minimum Gasteiger partial charge on any atom is -0.480 e. The number of likely N-dealkylation sites (tertiary alicyclic amines) is 1. The molecule has 10 atom stereocenters. The van der Waals surface area contributed by atoms with Gasteiger partial charge in [0.2, 0.25) is 0 Å². The molecule has 178 valence electrons. The zero-order chi connectivity index (χ0) is 22.3. The second-order valence-electron chi connectivity index (χ2n) is 10.8. The number of fused-ring (bicyclic) bond motifs is 1. The summed E-state index contributed by atoms with van der Waals surface area (Å²) < 4.78 is 21.0. The van der Waals surface area contributed by atoms with Crippen molar-refractivity contribution in [2.24, 2.45) is 29.6 Å². The first-order valence-corrected chi connectivity index (χ1v) is 12.5. The van der Waals surface area contributed by atoms with Crippen molar-refractivity contribution in [3.63, 3.8) is 0 Å². The van der Waals surface area contributed by atoms with Crippen molar-refractivity contribution in [3.05, 3.63) is 0 Å². The molecule has 2 heterocycles. The lowest BCUT2D eigenvalue weighted by atomic mass is 9.76. The molecule has 10 unspecified atom stereocenters. The standard InChI is InChI=1S/C24H42FN3O3/c1-13-10-11-17(19(25)21(13)31-4)22-26-20(24(29)30)18-14(2)12-28(23(18)27-22)15(3)16-8-6-5-7-9-16/h13-23,26-27H,5-12H2,1-4H3,(H,29,30). The lowest BCUT2D eigenvalue weighted by Gasteiger charge is -2.49. The van der Waals surface area contributed by atoms with Gasteiger partial charge in [-0.2, -0.15) is 0 Å². The van der Waals surface area contributed by atoms with E-state index in [1.165, 1.54) is 32.1 Å². The van der Waals surface area contributed by atoms with Gasteiger partial charge < -0.3 is 9.84 Å². The molecule has 4 rings (SSSR count). The molecule has 31 heavy (non-hydrogen) atoms. The van der Waals surface area contributed by atoms with Crippen LogP contribution in [0.1, 0.15) is 65.7 Å². The number of carbonyl (C=O) groups is 1. The molecule has 2 aliphatic carbocycles. The van der Waals surface area contributed by atoms with Crippen LogP contribution in [0, 0.1) is 29.6 Å². The van der Waals surface area contributed by atoms with Gasteiger partial charge in [0.05, 0.1) is 18.4 Å². The van der Waals surface area contributed by atoms with Gasteiger partial charge in [0.25, 0.3) is 0 Å². The van der Waals surface area contributed by atoms with Crippen molar-refractivity contribution >= 4 is 5.97 Å². The van der Waals surface area contributed by atoms with Crippen molar-refractivity contribution in [3.8, 4) is 0 Å². The van der Waals surface area contributed by atoms with Crippen molar-refractivity contribution in [2.75, 3.05) is 13.7 Å². The van der Waals surface area contributed by atoms with E-state index >= 15 is 4.39 Å². The van der Waals surface area contributed by atoms with Gasteiger partial charge in [-0.05, 0) is 50.4 Å². The average molecular weight is 440 g/mol. The summed E-state index contributed by atoms with van der Waals surface area (Å²) in [6, 6.07) is -0.236. The summed E-state index contributed by atoms with van der Waals surface area (Å²) in [6.07, 6.45) is 6.17. The van der Waals surface area contributed by atoms with Crippen LogP contribution in [0.25, 0.3) is 0 Å². The topological polar surface area (TPSA) is 73.8 Å². The van der Waals surface area contributed by atoms with Crippen LogP contribution in [0.2, 0.25) is 0 Å². The average Bonchev–Trinajstić information content (AvgIpc) is 3.10. The summed E-state index contributed by atoms with van der Waals surface area (Å²) >= 11 is 0. The number of methoxy groups -OCH3 is 1. The molecule has 0 radical (unpaired) electrons. The second kappa shape index (κ2) is 9.62. The van der Waals surface area contributed by atoms with E-state index in [0.717, 1.165) is 19.4 Å². The lowest BCUT2D eigenvalue weighted by Crippen LogP contribution is -2.71. The summed E-state index contributed by atoms with van der Waals surface area (Å²) in [7, 11) is 1.58. The molecular weight excluding hydrogens is 397 g/mol. The molecule has 0 aromatic carbocycles. The van der Waals surface area contributed by atoms with Gasteiger partial charge in [-0.3, -0.25) is 20.3 Å². The van der Waals surface area contributed by atoms with Crippen molar-refractivity contribution in [2.45, 2.75) is 102 Å². The SMILES string of the molecule is COC1C(C)CCC(C2NC(C(=O)O)C3C(C)CN(C(C)C4CCCCC4)C3N2)C1F. The molecule has 0 aromatic heterocycles. The van der Waals surface area contributed by atoms with E-state index in [1.807, 2.05) is 6.92 Å². The summed E-state index contributed by atoms with van der Waals surface area (Å²) in [6.45, 7) is 7.44. The quantitative estimate of drug-likeness (QED) is 0.611. The number of hydrogen-bond acceptors (Lipinski definition) is 5. The molecule has 2 aliphatic heterocycles. The van der Waals surface area contributed by atoms with Crippen LogP contribution < -0.4 is 10.6 Å². The van der Waals surface area contributed by atoms with Crippen LogP contribution in [0.3, 0.4) is 0 Å². The van der Waals surface area contributed by atoms with Gasteiger partial charge >= 0.3 is 5.97 Å². The second-order valence-corrected chi connectivity index (χ2v) is 10.8. The summed E-state index contributed by atoms with van der Waals surface area (Å²) in [4.78, 5) is 14.8. The van der Waals surface area contributed by atoms with Gasteiger partial charge in [0.15, 0.2) is 0 Å². The van der Waals surface area contributed by atoms with Crippen LogP contribution in [-0.2, 0) is 9.53 Å². The fraction of sp³-hybridized carbons (Fsp3) is 0.958. The van der Waals surface area contributed by atoms with E-state index in [-0.39, 0.29) is 36.0 Å². The van der Waals surface area contributed by atoms with Gasteiger partial charge in [-0.25, -0.2) is 4.39 Å².